The van der Waals surface area contributed by atoms with E-state index in [1.165, 1.54) is 0 Å². The molecule has 5 rings (SSSR count). The minimum Gasteiger partial charge on any atom is -0.394 e. The van der Waals surface area contributed by atoms with Crippen LogP contribution in [-0.2, 0) is 25.7 Å². The summed E-state index contributed by atoms with van der Waals surface area (Å²) in [4.78, 5) is 47.3. The van der Waals surface area contributed by atoms with Crippen molar-refractivity contribution in [3.63, 3.8) is 0 Å². The highest BCUT2D eigenvalue weighted by atomic mass is 16.5. The molecule has 0 bridgehead atoms. The van der Waals surface area contributed by atoms with Gasteiger partial charge in [-0.1, -0.05) is 68.5 Å². The molecular weight excluding hydrogens is 470 g/mol. The molecule has 2 saturated heterocycles. The molecule has 0 radical (unpaired) electrons. The van der Waals surface area contributed by atoms with Crippen molar-refractivity contribution < 1.29 is 24.2 Å². The Hall–Kier alpha value is -2.97. The Labute approximate surface area is 218 Å². The summed E-state index contributed by atoms with van der Waals surface area (Å²) in [6.45, 7) is 6.81. The molecule has 198 valence electrons. The summed E-state index contributed by atoms with van der Waals surface area (Å²) in [7, 11) is 1.73. The van der Waals surface area contributed by atoms with Gasteiger partial charge in [-0.05, 0) is 24.8 Å². The Kier molecular flexibility index (Phi) is 6.52. The first kappa shape index (κ1) is 25.7. The van der Waals surface area contributed by atoms with Crippen molar-refractivity contribution in [3.8, 4) is 0 Å². The lowest BCUT2D eigenvalue weighted by Crippen LogP contribution is -2.58. The Morgan fingerprint density at radius 3 is 2.38 bits per heavy atom. The molecule has 1 spiro atoms. The van der Waals surface area contributed by atoms with Gasteiger partial charge >= 0.3 is 0 Å². The molecule has 0 aliphatic carbocycles. The largest absolute Gasteiger partial charge is 0.394 e. The van der Waals surface area contributed by atoms with Crippen LogP contribution in [0.25, 0.3) is 0 Å². The minimum atomic E-state index is -1.30. The number of hydrogen-bond acceptors (Lipinski definition) is 5. The fraction of sp³-hybridized carbons (Fsp3) is 0.552. The zero-order chi connectivity index (χ0) is 26.5. The molecule has 1 aromatic rings. The zero-order valence-corrected chi connectivity index (χ0v) is 22.0. The molecular formula is C29H37N3O5. The number of ether oxygens (including phenoxy) is 1. The van der Waals surface area contributed by atoms with Crippen LogP contribution >= 0.6 is 0 Å². The standard InChI is InChI=1S/C29H37N3O5/c1-19(2)16-21(18-33)32-24-27(36)31(17-20-10-6-5-7-11-20)15-9-13-29(24)23(26(32)35)22-25(34)30(4)14-8-12-28(22,3)37-29/h5-13,19,21-24,33H,14-18H2,1-4H3/t21-,22+,23+,24?,28-,29+/m1/s1. The van der Waals surface area contributed by atoms with E-state index in [-0.39, 0.29) is 30.2 Å². The normalized spacial score (nSPS) is 33.9. The van der Waals surface area contributed by atoms with E-state index in [1.54, 1.807) is 21.7 Å². The highest BCUT2D eigenvalue weighted by Gasteiger charge is 2.75. The highest BCUT2D eigenvalue weighted by Crippen LogP contribution is 2.58. The number of hydrogen-bond donors (Lipinski definition) is 1. The molecule has 8 heteroatoms. The number of likely N-dealkylation sites (tertiary alicyclic amines) is 1. The van der Waals surface area contributed by atoms with E-state index < -0.39 is 35.1 Å². The van der Waals surface area contributed by atoms with Crippen LogP contribution in [-0.4, -0.2) is 87.6 Å². The number of aliphatic hydroxyl groups excluding tert-OH is 1. The summed E-state index contributed by atoms with van der Waals surface area (Å²) in [5, 5.41) is 10.4. The van der Waals surface area contributed by atoms with Gasteiger partial charge in [-0.2, -0.15) is 0 Å². The summed E-state index contributed by atoms with van der Waals surface area (Å²) in [5.41, 5.74) is -1.35. The quantitative estimate of drug-likeness (QED) is 0.595. The molecule has 0 aromatic heterocycles. The van der Waals surface area contributed by atoms with Crippen molar-refractivity contribution >= 4 is 17.7 Å². The summed E-state index contributed by atoms with van der Waals surface area (Å²) in [6, 6.07) is 8.21. The van der Waals surface area contributed by atoms with Crippen molar-refractivity contribution in [2.24, 2.45) is 17.8 Å². The van der Waals surface area contributed by atoms with Crippen LogP contribution in [0.2, 0.25) is 0 Å². The number of carbonyl (C=O) groups is 3. The molecule has 3 amide bonds. The molecule has 4 aliphatic heterocycles. The average Bonchev–Trinajstić information content (AvgIpc) is 3.15. The van der Waals surface area contributed by atoms with E-state index in [0.29, 0.717) is 26.1 Å². The number of carbonyl (C=O) groups excluding carboxylic acids is 3. The van der Waals surface area contributed by atoms with Crippen molar-refractivity contribution in [2.75, 3.05) is 26.7 Å². The number of benzene rings is 1. The summed E-state index contributed by atoms with van der Waals surface area (Å²) < 4.78 is 6.80. The molecule has 1 unspecified atom stereocenters. The second kappa shape index (κ2) is 9.40. The average molecular weight is 508 g/mol. The first-order chi connectivity index (χ1) is 17.6. The lowest BCUT2D eigenvalue weighted by atomic mass is 9.74. The van der Waals surface area contributed by atoms with Crippen LogP contribution in [0.4, 0.5) is 0 Å². The topological polar surface area (TPSA) is 90.4 Å². The number of amides is 3. The predicted octanol–water partition coefficient (Wildman–Crippen LogP) is 1.99. The molecule has 8 nitrogen and oxygen atoms in total. The predicted molar refractivity (Wildman–Crippen MR) is 138 cm³/mol. The van der Waals surface area contributed by atoms with Crippen LogP contribution in [0.5, 0.6) is 0 Å². The van der Waals surface area contributed by atoms with Gasteiger partial charge < -0.3 is 24.5 Å². The number of nitrogens with zero attached hydrogens (tertiary/aromatic N) is 3. The molecule has 4 heterocycles. The van der Waals surface area contributed by atoms with Gasteiger partial charge in [0.1, 0.15) is 11.6 Å². The molecule has 2 fully saturated rings. The molecule has 4 aliphatic rings. The smallest absolute Gasteiger partial charge is 0.249 e. The van der Waals surface area contributed by atoms with Gasteiger partial charge in [-0.15, -0.1) is 0 Å². The van der Waals surface area contributed by atoms with Crippen LogP contribution in [0.1, 0.15) is 32.8 Å². The Balaban J connectivity index is 1.63. The monoisotopic (exact) mass is 507 g/mol. The van der Waals surface area contributed by atoms with E-state index in [4.69, 9.17) is 4.74 Å². The van der Waals surface area contributed by atoms with E-state index in [0.717, 1.165) is 5.56 Å². The van der Waals surface area contributed by atoms with Crippen LogP contribution in [0, 0.1) is 17.8 Å². The molecule has 6 atom stereocenters. The fourth-order valence-corrected chi connectivity index (χ4v) is 6.79. The lowest BCUT2D eigenvalue weighted by molar-refractivity contribution is -0.156. The number of fused-ring (bicyclic) bond motifs is 2. The first-order valence-corrected chi connectivity index (χ1v) is 13.2. The Bertz CT molecular complexity index is 1130. The number of rotatable bonds is 6. The van der Waals surface area contributed by atoms with Crippen molar-refractivity contribution in [2.45, 2.75) is 57.0 Å². The maximum atomic E-state index is 14.4. The molecule has 37 heavy (non-hydrogen) atoms. The maximum Gasteiger partial charge on any atom is 0.249 e. The number of likely N-dealkylation sites (N-methyl/N-ethyl adjacent to an activating group) is 1. The second-order valence-corrected chi connectivity index (χ2v) is 11.4. The Morgan fingerprint density at radius 2 is 1.70 bits per heavy atom. The van der Waals surface area contributed by atoms with Crippen LogP contribution < -0.4 is 0 Å². The van der Waals surface area contributed by atoms with E-state index >= 15 is 0 Å². The fourth-order valence-electron chi connectivity index (χ4n) is 6.79. The van der Waals surface area contributed by atoms with Gasteiger partial charge in [0.05, 0.1) is 30.1 Å². The van der Waals surface area contributed by atoms with E-state index in [1.807, 2.05) is 75.4 Å². The van der Waals surface area contributed by atoms with E-state index in [2.05, 4.69) is 0 Å². The summed E-state index contributed by atoms with van der Waals surface area (Å²) in [5.74, 6) is -2.13. The lowest BCUT2D eigenvalue weighted by Gasteiger charge is -2.40. The van der Waals surface area contributed by atoms with Gasteiger partial charge in [0, 0.05) is 26.7 Å². The van der Waals surface area contributed by atoms with Crippen molar-refractivity contribution in [1.29, 1.82) is 0 Å². The Morgan fingerprint density at radius 1 is 1.00 bits per heavy atom. The van der Waals surface area contributed by atoms with E-state index in [9.17, 15) is 19.5 Å². The van der Waals surface area contributed by atoms with Gasteiger partial charge in [0.2, 0.25) is 17.7 Å². The third-order valence-electron chi connectivity index (χ3n) is 8.34. The van der Waals surface area contributed by atoms with Crippen molar-refractivity contribution in [3.05, 3.63) is 60.2 Å². The van der Waals surface area contributed by atoms with Gasteiger partial charge in [-0.3, -0.25) is 14.4 Å². The van der Waals surface area contributed by atoms with Gasteiger partial charge in [0.15, 0.2) is 0 Å². The minimum absolute atomic E-state index is 0.168. The first-order valence-electron chi connectivity index (χ1n) is 13.2. The summed E-state index contributed by atoms with van der Waals surface area (Å²) in [6.07, 6.45) is 8.06. The van der Waals surface area contributed by atoms with Gasteiger partial charge in [-0.25, -0.2) is 0 Å². The summed E-state index contributed by atoms with van der Waals surface area (Å²) >= 11 is 0. The highest BCUT2D eigenvalue weighted by molar-refractivity contribution is 6.00. The third-order valence-corrected chi connectivity index (χ3v) is 8.34. The van der Waals surface area contributed by atoms with Gasteiger partial charge in [0.25, 0.3) is 0 Å². The molecule has 1 aromatic carbocycles. The second-order valence-electron chi connectivity index (χ2n) is 11.4. The number of aliphatic hydroxyl groups is 1. The van der Waals surface area contributed by atoms with Crippen molar-refractivity contribution in [1.82, 2.24) is 14.7 Å². The molecule has 1 N–H and O–H groups in total. The molecule has 0 saturated carbocycles. The third kappa shape index (κ3) is 4.01. The SMILES string of the molecule is CC(C)C[C@H](CO)N1C(=O)[C@@H]2[C@H]3C(=O)N(C)CC=C[C@@]3(C)O[C@@]23C=CCN(Cc2ccccc2)C(=O)C13. The maximum absolute atomic E-state index is 14.4. The van der Waals surface area contributed by atoms with Crippen LogP contribution in [0.3, 0.4) is 0 Å². The van der Waals surface area contributed by atoms with Crippen LogP contribution in [0.15, 0.2) is 54.6 Å². The zero-order valence-electron chi connectivity index (χ0n) is 22.0.